The largest absolute Gasteiger partial charge is 0.478 e. The van der Waals surface area contributed by atoms with Crippen molar-refractivity contribution in [2.75, 3.05) is 0 Å². The lowest BCUT2D eigenvalue weighted by atomic mass is 10.1. The minimum Gasteiger partial charge on any atom is -0.478 e. The maximum Gasteiger partial charge on any atom is 0.339 e. The molecule has 0 aliphatic heterocycles. The van der Waals surface area contributed by atoms with Gasteiger partial charge in [-0.05, 0) is 17.7 Å². The van der Waals surface area contributed by atoms with Crippen molar-refractivity contribution in [3.8, 4) is 0 Å². The van der Waals surface area contributed by atoms with E-state index < -0.39 is 23.7 Å². The van der Waals surface area contributed by atoms with Gasteiger partial charge in [0.25, 0.3) is 6.43 Å². The van der Waals surface area contributed by atoms with E-state index in [1.165, 1.54) is 6.07 Å². The first kappa shape index (κ1) is 15.6. The smallest absolute Gasteiger partial charge is 0.339 e. The van der Waals surface area contributed by atoms with Gasteiger partial charge in [-0.2, -0.15) is 0 Å². The summed E-state index contributed by atoms with van der Waals surface area (Å²) in [5.41, 5.74) is -0.821. The number of carbonyl (C=O) groups is 1. The van der Waals surface area contributed by atoms with Crippen LogP contribution >= 0.6 is 23.2 Å². The molecule has 4 nitrogen and oxygen atoms in total. The van der Waals surface area contributed by atoms with Crippen molar-refractivity contribution >= 4 is 29.2 Å². The number of benzene rings is 1. The number of hydrogen-bond donors (Lipinski definition) is 1. The molecule has 0 saturated heterocycles. The SMILES string of the molecule is O=C(O)c1cnc(Cc2ccc(Cl)cc2Cl)nc1C(F)F. The number of aromatic nitrogens is 2. The Labute approximate surface area is 128 Å². The number of carboxylic acids is 1. The predicted octanol–water partition coefficient (Wildman–Crippen LogP) is 4.01. The lowest BCUT2D eigenvalue weighted by Crippen LogP contribution is -2.10. The normalized spacial score (nSPS) is 10.9. The average molecular weight is 333 g/mol. The van der Waals surface area contributed by atoms with Gasteiger partial charge in [-0.1, -0.05) is 29.3 Å². The van der Waals surface area contributed by atoms with E-state index in [0.29, 0.717) is 15.6 Å². The fourth-order valence-electron chi connectivity index (χ4n) is 1.69. The third kappa shape index (κ3) is 3.65. The van der Waals surface area contributed by atoms with Gasteiger partial charge in [-0.25, -0.2) is 23.5 Å². The molecule has 0 amide bonds. The van der Waals surface area contributed by atoms with E-state index in [2.05, 4.69) is 9.97 Å². The van der Waals surface area contributed by atoms with Crippen LogP contribution in [0.3, 0.4) is 0 Å². The predicted molar refractivity (Wildman–Crippen MR) is 73.2 cm³/mol. The molecule has 2 rings (SSSR count). The molecule has 0 saturated carbocycles. The second-order valence-electron chi connectivity index (χ2n) is 4.10. The second kappa shape index (κ2) is 6.32. The van der Waals surface area contributed by atoms with Crippen LogP contribution in [0.4, 0.5) is 8.78 Å². The van der Waals surface area contributed by atoms with Gasteiger partial charge in [0, 0.05) is 22.7 Å². The first-order valence-corrected chi connectivity index (χ1v) is 6.45. The van der Waals surface area contributed by atoms with Crippen LogP contribution in [-0.4, -0.2) is 21.0 Å². The molecule has 0 spiro atoms. The number of hydrogen-bond acceptors (Lipinski definition) is 3. The molecule has 0 radical (unpaired) electrons. The van der Waals surface area contributed by atoms with Gasteiger partial charge in [0.1, 0.15) is 17.1 Å². The summed E-state index contributed by atoms with van der Waals surface area (Å²) in [5.74, 6) is -1.44. The van der Waals surface area contributed by atoms with Gasteiger partial charge in [0.2, 0.25) is 0 Å². The summed E-state index contributed by atoms with van der Waals surface area (Å²) in [4.78, 5) is 18.2. The summed E-state index contributed by atoms with van der Waals surface area (Å²) in [7, 11) is 0. The standard InChI is InChI=1S/C13H8Cl2F2N2O2/c14-7-2-1-6(9(15)4-7)3-10-18-5-8(13(20)21)11(19-10)12(16)17/h1-2,4-5,12H,3H2,(H,20,21). The van der Waals surface area contributed by atoms with Gasteiger partial charge in [-0.15, -0.1) is 0 Å². The Kier molecular flexibility index (Phi) is 4.69. The Bertz CT molecular complexity index is 696. The highest BCUT2D eigenvalue weighted by Gasteiger charge is 2.21. The van der Waals surface area contributed by atoms with Crippen molar-refractivity contribution in [1.29, 1.82) is 0 Å². The fraction of sp³-hybridized carbons (Fsp3) is 0.154. The van der Waals surface area contributed by atoms with E-state index in [1.54, 1.807) is 12.1 Å². The van der Waals surface area contributed by atoms with Gasteiger partial charge < -0.3 is 5.11 Å². The zero-order valence-electron chi connectivity index (χ0n) is 10.4. The van der Waals surface area contributed by atoms with Crippen LogP contribution < -0.4 is 0 Å². The Morgan fingerprint density at radius 2 is 2.05 bits per heavy atom. The van der Waals surface area contributed by atoms with Crippen molar-refractivity contribution in [2.45, 2.75) is 12.8 Å². The molecule has 0 aliphatic rings. The van der Waals surface area contributed by atoms with E-state index in [0.717, 1.165) is 6.20 Å². The second-order valence-corrected chi connectivity index (χ2v) is 4.95. The van der Waals surface area contributed by atoms with Crippen molar-refractivity contribution < 1.29 is 18.7 Å². The number of aromatic carboxylic acids is 1. The maximum absolute atomic E-state index is 12.8. The molecule has 1 N–H and O–H groups in total. The summed E-state index contributed by atoms with van der Waals surface area (Å²) in [6.07, 6.45) is -2.04. The van der Waals surface area contributed by atoms with Crippen LogP contribution in [0.25, 0.3) is 0 Å². The number of carboxylic acid groups (broad SMARTS) is 1. The van der Waals surface area contributed by atoms with Crippen LogP contribution in [-0.2, 0) is 6.42 Å². The molecule has 8 heteroatoms. The highest BCUT2D eigenvalue weighted by atomic mass is 35.5. The minimum absolute atomic E-state index is 0.0551. The molecule has 21 heavy (non-hydrogen) atoms. The van der Waals surface area contributed by atoms with E-state index in [4.69, 9.17) is 28.3 Å². The summed E-state index contributed by atoms with van der Waals surface area (Å²) < 4.78 is 25.7. The monoisotopic (exact) mass is 332 g/mol. The van der Waals surface area contributed by atoms with Crippen molar-refractivity contribution in [1.82, 2.24) is 9.97 Å². The molecular weight excluding hydrogens is 325 g/mol. The Hall–Kier alpha value is -1.79. The summed E-state index contributed by atoms with van der Waals surface area (Å²) in [6, 6.07) is 4.74. The van der Waals surface area contributed by atoms with Crippen LogP contribution in [0.15, 0.2) is 24.4 Å². The van der Waals surface area contributed by atoms with E-state index in [9.17, 15) is 13.6 Å². The zero-order valence-corrected chi connectivity index (χ0v) is 11.9. The van der Waals surface area contributed by atoms with Gasteiger partial charge >= 0.3 is 5.97 Å². The Morgan fingerprint density at radius 1 is 1.33 bits per heavy atom. The topological polar surface area (TPSA) is 63.1 Å². The molecule has 0 bridgehead atoms. The average Bonchev–Trinajstić information content (AvgIpc) is 2.41. The minimum atomic E-state index is -3.00. The number of alkyl halides is 2. The lowest BCUT2D eigenvalue weighted by molar-refractivity contribution is 0.0681. The highest BCUT2D eigenvalue weighted by molar-refractivity contribution is 6.35. The fourth-order valence-corrected chi connectivity index (χ4v) is 2.16. The zero-order chi connectivity index (χ0) is 15.6. The molecule has 0 atom stereocenters. The van der Waals surface area contributed by atoms with E-state index in [1.807, 2.05) is 0 Å². The summed E-state index contributed by atoms with van der Waals surface area (Å²) in [5, 5.41) is 9.62. The maximum atomic E-state index is 12.8. The summed E-state index contributed by atoms with van der Waals surface area (Å²) >= 11 is 11.7. The van der Waals surface area contributed by atoms with Gasteiger partial charge in [-0.3, -0.25) is 0 Å². The molecule has 2 aromatic rings. The quantitative estimate of drug-likeness (QED) is 0.918. The molecular formula is C13H8Cl2F2N2O2. The van der Waals surface area contributed by atoms with Crippen molar-refractivity contribution in [3.05, 3.63) is 57.1 Å². The number of rotatable bonds is 4. The molecule has 110 valence electrons. The van der Waals surface area contributed by atoms with Crippen molar-refractivity contribution in [3.63, 3.8) is 0 Å². The first-order chi connectivity index (χ1) is 9.88. The first-order valence-electron chi connectivity index (χ1n) is 5.69. The van der Waals surface area contributed by atoms with Gasteiger partial charge in [0.05, 0.1) is 0 Å². The van der Waals surface area contributed by atoms with Crippen LogP contribution in [0.5, 0.6) is 0 Å². The highest BCUT2D eigenvalue weighted by Crippen LogP contribution is 2.24. The van der Waals surface area contributed by atoms with Gasteiger partial charge in [0.15, 0.2) is 0 Å². The molecule has 1 aromatic carbocycles. The molecule has 0 aliphatic carbocycles. The lowest BCUT2D eigenvalue weighted by Gasteiger charge is -2.08. The van der Waals surface area contributed by atoms with E-state index >= 15 is 0 Å². The van der Waals surface area contributed by atoms with Crippen molar-refractivity contribution in [2.24, 2.45) is 0 Å². The third-order valence-corrected chi connectivity index (χ3v) is 3.26. The van der Waals surface area contributed by atoms with Crippen LogP contribution in [0.2, 0.25) is 10.0 Å². The molecule has 0 unspecified atom stereocenters. The summed E-state index contributed by atoms with van der Waals surface area (Å²) in [6.45, 7) is 0. The van der Waals surface area contributed by atoms with E-state index in [-0.39, 0.29) is 12.2 Å². The Morgan fingerprint density at radius 3 is 2.62 bits per heavy atom. The number of halogens is 4. The van der Waals surface area contributed by atoms with Crippen LogP contribution in [0, 0.1) is 0 Å². The number of nitrogens with zero attached hydrogens (tertiary/aromatic N) is 2. The third-order valence-electron chi connectivity index (χ3n) is 2.67. The van der Waals surface area contributed by atoms with Crippen LogP contribution in [0.1, 0.15) is 33.9 Å². The Balaban J connectivity index is 2.37. The molecule has 1 heterocycles. The molecule has 1 aromatic heterocycles. The molecule has 0 fully saturated rings.